The lowest BCUT2D eigenvalue weighted by molar-refractivity contribution is -0.118. The van der Waals surface area contributed by atoms with Gasteiger partial charge in [-0.2, -0.15) is 0 Å². The van der Waals surface area contributed by atoms with Crippen LogP contribution in [0.15, 0.2) is 18.2 Å². The van der Waals surface area contributed by atoms with E-state index < -0.39 is 0 Å². The van der Waals surface area contributed by atoms with Crippen molar-refractivity contribution in [3.8, 4) is 0 Å². The number of piperidine rings is 1. The first-order chi connectivity index (χ1) is 9.49. The Morgan fingerprint density at radius 2 is 1.75 bits per heavy atom. The number of rotatable bonds is 3. The average Bonchev–Trinajstić information content (AvgIpc) is 2.39. The zero-order valence-corrected chi connectivity index (χ0v) is 13.1. The van der Waals surface area contributed by atoms with E-state index in [0.717, 1.165) is 16.8 Å². The summed E-state index contributed by atoms with van der Waals surface area (Å²) < 4.78 is 0. The summed E-state index contributed by atoms with van der Waals surface area (Å²) >= 11 is 0. The quantitative estimate of drug-likeness (QED) is 0.915. The number of amides is 1. The molecular weight excluding hydrogens is 248 g/mol. The number of hydrogen-bond donors (Lipinski definition) is 1. The minimum absolute atomic E-state index is 0.1000. The minimum Gasteiger partial charge on any atom is -0.324 e. The molecule has 0 aromatic heterocycles. The maximum atomic E-state index is 12.3. The number of anilines is 1. The second-order valence-corrected chi connectivity index (χ2v) is 6.12. The standard InChI is InChI=1S/C17H26N2O/c1-12-7-5-8-13(2)17(12)18-16(20)11-19-14(3)9-6-10-15(19)4/h5,7-8,14-15H,6,9-11H2,1-4H3,(H,18,20). The van der Waals surface area contributed by atoms with Crippen molar-refractivity contribution in [3.05, 3.63) is 29.3 Å². The molecule has 2 atom stereocenters. The molecule has 0 spiro atoms. The first kappa shape index (κ1) is 15.0. The number of likely N-dealkylation sites (tertiary alicyclic amines) is 1. The van der Waals surface area contributed by atoms with Gasteiger partial charge in [0, 0.05) is 17.8 Å². The second-order valence-electron chi connectivity index (χ2n) is 6.12. The van der Waals surface area contributed by atoms with Crippen LogP contribution in [-0.4, -0.2) is 29.4 Å². The predicted molar refractivity (Wildman–Crippen MR) is 84.0 cm³/mol. The summed E-state index contributed by atoms with van der Waals surface area (Å²) in [6.45, 7) is 9.02. The van der Waals surface area contributed by atoms with Crippen molar-refractivity contribution in [3.63, 3.8) is 0 Å². The van der Waals surface area contributed by atoms with Crippen LogP contribution < -0.4 is 5.32 Å². The molecule has 1 N–H and O–H groups in total. The van der Waals surface area contributed by atoms with Crippen LogP contribution in [0.3, 0.4) is 0 Å². The zero-order chi connectivity index (χ0) is 14.7. The number of carbonyl (C=O) groups is 1. The molecule has 0 bridgehead atoms. The molecule has 20 heavy (non-hydrogen) atoms. The van der Waals surface area contributed by atoms with Crippen molar-refractivity contribution >= 4 is 11.6 Å². The molecule has 1 aliphatic rings. The summed E-state index contributed by atoms with van der Waals surface area (Å²) in [4.78, 5) is 14.6. The highest BCUT2D eigenvalue weighted by Gasteiger charge is 2.26. The van der Waals surface area contributed by atoms with E-state index in [1.807, 2.05) is 32.0 Å². The van der Waals surface area contributed by atoms with Crippen LogP contribution in [0.25, 0.3) is 0 Å². The van der Waals surface area contributed by atoms with E-state index in [0.29, 0.717) is 18.6 Å². The molecule has 2 unspecified atom stereocenters. The van der Waals surface area contributed by atoms with Crippen LogP contribution in [0, 0.1) is 13.8 Å². The Labute approximate surface area is 122 Å². The van der Waals surface area contributed by atoms with Crippen LogP contribution in [0.2, 0.25) is 0 Å². The Kier molecular flexibility index (Phi) is 4.81. The van der Waals surface area contributed by atoms with Crippen molar-refractivity contribution in [1.29, 1.82) is 0 Å². The number of nitrogens with zero attached hydrogens (tertiary/aromatic N) is 1. The molecule has 1 aromatic carbocycles. The third kappa shape index (κ3) is 3.40. The molecule has 110 valence electrons. The zero-order valence-electron chi connectivity index (χ0n) is 13.1. The summed E-state index contributed by atoms with van der Waals surface area (Å²) in [5, 5.41) is 3.09. The van der Waals surface area contributed by atoms with E-state index in [1.165, 1.54) is 19.3 Å². The van der Waals surface area contributed by atoms with Gasteiger partial charge in [-0.15, -0.1) is 0 Å². The second kappa shape index (κ2) is 6.40. The van der Waals surface area contributed by atoms with Crippen LogP contribution in [0.5, 0.6) is 0 Å². The third-order valence-electron chi connectivity index (χ3n) is 4.45. The first-order valence-corrected chi connectivity index (χ1v) is 7.61. The fourth-order valence-corrected chi connectivity index (χ4v) is 3.14. The average molecular weight is 274 g/mol. The van der Waals surface area contributed by atoms with Gasteiger partial charge < -0.3 is 5.32 Å². The molecule has 1 aliphatic heterocycles. The number of hydrogen-bond acceptors (Lipinski definition) is 2. The molecule has 0 saturated carbocycles. The van der Waals surface area contributed by atoms with Gasteiger partial charge in [0.25, 0.3) is 0 Å². The van der Waals surface area contributed by atoms with E-state index in [-0.39, 0.29) is 5.91 Å². The number of nitrogens with one attached hydrogen (secondary N) is 1. The predicted octanol–water partition coefficient (Wildman–Crippen LogP) is 3.50. The Morgan fingerprint density at radius 1 is 1.20 bits per heavy atom. The molecule has 1 heterocycles. The highest BCUT2D eigenvalue weighted by atomic mass is 16.2. The maximum absolute atomic E-state index is 12.3. The fourth-order valence-electron chi connectivity index (χ4n) is 3.14. The van der Waals surface area contributed by atoms with Crippen molar-refractivity contribution < 1.29 is 4.79 Å². The highest BCUT2D eigenvalue weighted by molar-refractivity contribution is 5.93. The molecule has 2 rings (SSSR count). The van der Waals surface area contributed by atoms with E-state index >= 15 is 0 Å². The Balaban J connectivity index is 2.02. The molecule has 1 fully saturated rings. The highest BCUT2D eigenvalue weighted by Crippen LogP contribution is 2.23. The van der Waals surface area contributed by atoms with Crippen LogP contribution >= 0.6 is 0 Å². The number of aryl methyl sites for hydroxylation is 2. The first-order valence-electron chi connectivity index (χ1n) is 7.61. The number of carbonyl (C=O) groups excluding carboxylic acids is 1. The van der Waals surface area contributed by atoms with Crippen LogP contribution in [-0.2, 0) is 4.79 Å². The van der Waals surface area contributed by atoms with Gasteiger partial charge >= 0.3 is 0 Å². The van der Waals surface area contributed by atoms with Gasteiger partial charge in [-0.05, 0) is 51.7 Å². The fraction of sp³-hybridized carbons (Fsp3) is 0.588. The van der Waals surface area contributed by atoms with Gasteiger partial charge in [-0.1, -0.05) is 24.6 Å². The van der Waals surface area contributed by atoms with Gasteiger partial charge in [-0.25, -0.2) is 0 Å². The van der Waals surface area contributed by atoms with Gasteiger partial charge in [0.05, 0.1) is 6.54 Å². The minimum atomic E-state index is 0.1000. The summed E-state index contributed by atoms with van der Waals surface area (Å²) in [5.41, 5.74) is 3.21. The van der Waals surface area contributed by atoms with Crippen LogP contribution in [0.4, 0.5) is 5.69 Å². The number of para-hydroxylation sites is 1. The monoisotopic (exact) mass is 274 g/mol. The summed E-state index contributed by atoms with van der Waals surface area (Å²) in [7, 11) is 0. The van der Waals surface area contributed by atoms with Crippen molar-refractivity contribution in [2.45, 2.75) is 59.0 Å². The van der Waals surface area contributed by atoms with Crippen molar-refractivity contribution in [1.82, 2.24) is 4.90 Å². The molecule has 0 aliphatic carbocycles. The third-order valence-corrected chi connectivity index (χ3v) is 4.45. The maximum Gasteiger partial charge on any atom is 0.238 e. The van der Waals surface area contributed by atoms with E-state index in [1.54, 1.807) is 0 Å². The largest absolute Gasteiger partial charge is 0.324 e. The normalized spacial score (nSPS) is 23.6. The Bertz CT molecular complexity index is 454. The molecular formula is C17H26N2O. The van der Waals surface area contributed by atoms with Crippen LogP contribution in [0.1, 0.15) is 44.2 Å². The molecule has 1 aromatic rings. The smallest absolute Gasteiger partial charge is 0.238 e. The summed E-state index contributed by atoms with van der Waals surface area (Å²) in [6, 6.07) is 7.10. The molecule has 3 nitrogen and oxygen atoms in total. The van der Waals surface area contributed by atoms with Gasteiger partial charge in [0.2, 0.25) is 5.91 Å². The Hall–Kier alpha value is -1.35. The van der Waals surface area contributed by atoms with E-state index in [9.17, 15) is 4.79 Å². The lowest BCUT2D eigenvalue weighted by Gasteiger charge is -2.38. The topological polar surface area (TPSA) is 32.3 Å². The molecule has 0 radical (unpaired) electrons. The summed E-state index contributed by atoms with van der Waals surface area (Å²) in [5.74, 6) is 0.1000. The SMILES string of the molecule is Cc1cccc(C)c1NC(=O)CN1C(C)CCCC1C. The molecule has 1 saturated heterocycles. The van der Waals surface area contributed by atoms with Crippen molar-refractivity contribution in [2.75, 3.05) is 11.9 Å². The lowest BCUT2D eigenvalue weighted by Crippen LogP contribution is -2.47. The molecule has 3 heteroatoms. The van der Waals surface area contributed by atoms with Gasteiger partial charge in [0.1, 0.15) is 0 Å². The van der Waals surface area contributed by atoms with Gasteiger partial charge in [-0.3, -0.25) is 9.69 Å². The van der Waals surface area contributed by atoms with Crippen molar-refractivity contribution in [2.24, 2.45) is 0 Å². The van der Waals surface area contributed by atoms with E-state index in [2.05, 4.69) is 24.1 Å². The van der Waals surface area contributed by atoms with E-state index in [4.69, 9.17) is 0 Å². The Morgan fingerprint density at radius 3 is 2.30 bits per heavy atom. The molecule has 1 amide bonds. The summed E-state index contributed by atoms with van der Waals surface area (Å²) in [6.07, 6.45) is 3.67. The van der Waals surface area contributed by atoms with Gasteiger partial charge in [0.15, 0.2) is 0 Å². The lowest BCUT2D eigenvalue weighted by atomic mass is 9.97. The number of benzene rings is 1.